The summed E-state index contributed by atoms with van der Waals surface area (Å²) in [5.41, 5.74) is 8.77. The molecule has 0 radical (unpaired) electrons. The van der Waals surface area contributed by atoms with Gasteiger partial charge in [0.25, 0.3) is 0 Å². The molecule has 0 aliphatic heterocycles. The van der Waals surface area contributed by atoms with E-state index in [1.54, 1.807) is 0 Å². The van der Waals surface area contributed by atoms with E-state index in [0.29, 0.717) is 11.8 Å². The van der Waals surface area contributed by atoms with Crippen LogP contribution >= 0.6 is 15.9 Å². The summed E-state index contributed by atoms with van der Waals surface area (Å²) in [6.07, 6.45) is 1.19. The molecule has 0 saturated heterocycles. The number of H-pyrrole nitrogens is 2. The summed E-state index contributed by atoms with van der Waals surface area (Å²) in [6, 6.07) is 3.92. The van der Waals surface area contributed by atoms with Crippen LogP contribution in [0, 0.1) is 11.8 Å². The predicted molar refractivity (Wildman–Crippen MR) is 70.8 cm³/mol. The standard InChI is InChI=1S/C12H14BrN3O/c1-5-2-6(5)11(14)7-3-9-10(4-8(7)13)16-12(17)15-9/h3-6,11H,2,14H2,1H3,(H2,15,16,17). The molecule has 4 N–H and O–H groups in total. The van der Waals surface area contributed by atoms with Crippen molar-refractivity contribution in [2.24, 2.45) is 17.6 Å². The number of hydrogen-bond donors (Lipinski definition) is 3. The molecular weight excluding hydrogens is 282 g/mol. The highest BCUT2D eigenvalue weighted by Gasteiger charge is 2.38. The van der Waals surface area contributed by atoms with Crippen LogP contribution < -0.4 is 11.4 Å². The zero-order chi connectivity index (χ0) is 12.2. The summed E-state index contributed by atoms with van der Waals surface area (Å²) in [6.45, 7) is 2.22. The van der Waals surface area contributed by atoms with Crippen LogP contribution in [-0.4, -0.2) is 9.97 Å². The minimum absolute atomic E-state index is 0.0437. The number of aromatic nitrogens is 2. The third-order valence-electron chi connectivity index (χ3n) is 3.63. The van der Waals surface area contributed by atoms with Crippen LogP contribution in [0.5, 0.6) is 0 Å². The largest absolute Gasteiger partial charge is 0.324 e. The predicted octanol–water partition coefficient (Wildman–Crippen LogP) is 2.27. The number of nitrogens with two attached hydrogens (primary N) is 1. The average molecular weight is 296 g/mol. The van der Waals surface area contributed by atoms with E-state index in [0.717, 1.165) is 21.1 Å². The first kappa shape index (κ1) is 11.0. The molecule has 1 saturated carbocycles. The van der Waals surface area contributed by atoms with Crippen LogP contribution in [0.2, 0.25) is 0 Å². The van der Waals surface area contributed by atoms with E-state index in [-0.39, 0.29) is 11.7 Å². The van der Waals surface area contributed by atoms with Gasteiger partial charge in [0.05, 0.1) is 11.0 Å². The molecule has 1 heterocycles. The Kier molecular flexibility index (Phi) is 2.41. The summed E-state index contributed by atoms with van der Waals surface area (Å²) in [7, 11) is 0. The number of benzene rings is 1. The van der Waals surface area contributed by atoms with Crippen molar-refractivity contribution in [1.82, 2.24) is 9.97 Å². The summed E-state index contributed by atoms with van der Waals surface area (Å²) in [4.78, 5) is 16.7. The third kappa shape index (κ3) is 1.83. The Bertz CT molecular complexity index is 630. The number of hydrogen-bond acceptors (Lipinski definition) is 2. The second kappa shape index (κ2) is 3.71. The second-order valence-corrected chi connectivity index (χ2v) is 5.76. The fourth-order valence-corrected chi connectivity index (χ4v) is 3.02. The van der Waals surface area contributed by atoms with Crippen LogP contribution in [0.3, 0.4) is 0 Å². The van der Waals surface area contributed by atoms with Gasteiger partial charge in [-0.3, -0.25) is 0 Å². The van der Waals surface area contributed by atoms with Crippen molar-refractivity contribution in [1.29, 1.82) is 0 Å². The number of aromatic amines is 2. The number of rotatable bonds is 2. The Morgan fingerprint density at radius 2 is 2.00 bits per heavy atom. The van der Waals surface area contributed by atoms with Gasteiger partial charge in [-0.2, -0.15) is 0 Å². The Labute approximate surface area is 107 Å². The maximum atomic E-state index is 11.2. The van der Waals surface area contributed by atoms with Crippen LogP contribution in [0.25, 0.3) is 11.0 Å². The van der Waals surface area contributed by atoms with Gasteiger partial charge >= 0.3 is 5.69 Å². The Balaban J connectivity index is 2.09. The molecule has 90 valence electrons. The third-order valence-corrected chi connectivity index (χ3v) is 4.31. The monoisotopic (exact) mass is 295 g/mol. The number of nitrogens with one attached hydrogen (secondary N) is 2. The molecule has 2 aromatic rings. The van der Waals surface area contributed by atoms with Crippen LogP contribution in [0.1, 0.15) is 24.9 Å². The maximum absolute atomic E-state index is 11.2. The molecule has 1 aromatic carbocycles. The van der Waals surface area contributed by atoms with Crippen LogP contribution in [-0.2, 0) is 0 Å². The van der Waals surface area contributed by atoms with Gasteiger partial charge in [-0.25, -0.2) is 4.79 Å². The molecule has 17 heavy (non-hydrogen) atoms. The summed E-state index contributed by atoms with van der Waals surface area (Å²) in [5, 5.41) is 0. The molecule has 0 amide bonds. The van der Waals surface area contributed by atoms with E-state index >= 15 is 0 Å². The van der Waals surface area contributed by atoms with E-state index in [4.69, 9.17) is 5.73 Å². The van der Waals surface area contributed by atoms with E-state index in [2.05, 4.69) is 32.8 Å². The number of imidazole rings is 1. The maximum Gasteiger partial charge on any atom is 0.323 e. The Morgan fingerprint density at radius 1 is 1.41 bits per heavy atom. The quantitative estimate of drug-likeness (QED) is 0.795. The van der Waals surface area contributed by atoms with E-state index in [1.807, 2.05) is 12.1 Å². The normalized spacial score (nSPS) is 25.1. The molecule has 1 aliphatic carbocycles. The SMILES string of the molecule is CC1CC1C(N)c1cc2[nH]c(=O)[nH]c2cc1Br. The summed E-state index contributed by atoms with van der Waals surface area (Å²) >= 11 is 3.53. The molecule has 4 nitrogen and oxygen atoms in total. The van der Waals surface area contributed by atoms with Crippen molar-refractivity contribution in [2.45, 2.75) is 19.4 Å². The zero-order valence-electron chi connectivity index (χ0n) is 9.46. The van der Waals surface area contributed by atoms with Gasteiger partial charge in [0.15, 0.2) is 0 Å². The van der Waals surface area contributed by atoms with E-state index in [9.17, 15) is 4.79 Å². The van der Waals surface area contributed by atoms with Gasteiger partial charge in [0, 0.05) is 10.5 Å². The summed E-state index contributed by atoms with van der Waals surface area (Å²) in [5.74, 6) is 1.27. The fourth-order valence-electron chi connectivity index (χ4n) is 2.41. The lowest BCUT2D eigenvalue weighted by atomic mass is 10.0. The lowest BCUT2D eigenvalue weighted by Crippen LogP contribution is -2.14. The van der Waals surface area contributed by atoms with Crippen molar-refractivity contribution >= 4 is 27.0 Å². The molecular formula is C12H14BrN3O. The molecule has 5 heteroatoms. The molecule has 3 rings (SSSR count). The minimum atomic E-state index is -0.183. The van der Waals surface area contributed by atoms with Crippen molar-refractivity contribution in [2.75, 3.05) is 0 Å². The lowest BCUT2D eigenvalue weighted by molar-refractivity contribution is 0.592. The van der Waals surface area contributed by atoms with Gasteiger partial charge in [-0.15, -0.1) is 0 Å². The first-order chi connectivity index (χ1) is 8.06. The molecule has 1 fully saturated rings. The highest BCUT2D eigenvalue weighted by molar-refractivity contribution is 9.10. The van der Waals surface area contributed by atoms with E-state index in [1.165, 1.54) is 6.42 Å². The summed E-state index contributed by atoms with van der Waals surface area (Å²) < 4.78 is 0.965. The first-order valence-electron chi connectivity index (χ1n) is 5.73. The smallest absolute Gasteiger partial charge is 0.323 e. The number of halogens is 1. The lowest BCUT2D eigenvalue weighted by Gasteiger charge is -2.13. The average Bonchev–Trinajstić information content (AvgIpc) is 2.87. The first-order valence-corrected chi connectivity index (χ1v) is 6.52. The zero-order valence-corrected chi connectivity index (χ0v) is 11.0. The highest BCUT2D eigenvalue weighted by Crippen LogP contribution is 2.47. The molecule has 3 atom stereocenters. The van der Waals surface area contributed by atoms with Gasteiger partial charge in [-0.1, -0.05) is 22.9 Å². The highest BCUT2D eigenvalue weighted by atomic mass is 79.9. The Morgan fingerprint density at radius 3 is 2.59 bits per heavy atom. The molecule has 1 aromatic heterocycles. The number of fused-ring (bicyclic) bond motifs is 1. The van der Waals surface area contributed by atoms with Gasteiger partial charge in [0.1, 0.15) is 0 Å². The second-order valence-electron chi connectivity index (χ2n) is 4.90. The topological polar surface area (TPSA) is 74.7 Å². The van der Waals surface area contributed by atoms with Crippen molar-refractivity contribution in [3.63, 3.8) is 0 Å². The van der Waals surface area contributed by atoms with Crippen LogP contribution in [0.15, 0.2) is 21.4 Å². The van der Waals surface area contributed by atoms with Gasteiger partial charge < -0.3 is 15.7 Å². The van der Waals surface area contributed by atoms with Crippen molar-refractivity contribution < 1.29 is 0 Å². The fraction of sp³-hybridized carbons (Fsp3) is 0.417. The Hall–Kier alpha value is -1.07. The molecule has 0 spiro atoms. The van der Waals surface area contributed by atoms with E-state index < -0.39 is 0 Å². The molecule has 0 bridgehead atoms. The molecule has 3 unspecified atom stereocenters. The van der Waals surface area contributed by atoms with Crippen molar-refractivity contribution in [3.8, 4) is 0 Å². The van der Waals surface area contributed by atoms with Gasteiger partial charge in [0.2, 0.25) is 0 Å². The molecule has 1 aliphatic rings. The minimum Gasteiger partial charge on any atom is -0.324 e. The van der Waals surface area contributed by atoms with Gasteiger partial charge in [-0.05, 0) is 36.0 Å². The van der Waals surface area contributed by atoms with Crippen LogP contribution in [0.4, 0.5) is 0 Å². The van der Waals surface area contributed by atoms with Crippen molar-refractivity contribution in [3.05, 3.63) is 32.7 Å².